The van der Waals surface area contributed by atoms with E-state index in [2.05, 4.69) is 31.5 Å². The first-order chi connectivity index (χ1) is 9.13. The van der Waals surface area contributed by atoms with E-state index >= 15 is 0 Å². The molecule has 100 valence electrons. The average molecular weight is 342 g/mol. The van der Waals surface area contributed by atoms with Gasteiger partial charge in [-0.25, -0.2) is 0 Å². The van der Waals surface area contributed by atoms with E-state index < -0.39 is 0 Å². The molecule has 0 atom stereocenters. The van der Waals surface area contributed by atoms with Crippen LogP contribution in [0.2, 0.25) is 0 Å². The lowest BCUT2D eigenvalue weighted by Gasteiger charge is -2.13. The molecule has 2 saturated heterocycles. The van der Waals surface area contributed by atoms with Gasteiger partial charge in [0.15, 0.2) is 5.11 Å². The Morgan fingerprint density at radius 2 is 2.11 bits per heavy atom. The normalized spacial score (nSPS) is 21.1. The Kier molecular flexibility index (Phi) is 3.32. The Hall–Kier alpha value is -1.34. The molecule has 0 aromatic carbocycles. The minimum atomic E-state index is -0.236. The van der Waals surface area contributed by atoms with Crippen molar-refractivity contribution in [1.29, 1.82) is 0 Å². The molecule has 1 aromatic heterocycles. The summed E-state index contributed by atoms with van der Waals surface area (Å²) in [6, 6.07) is 1.86. The van der Waals surface area contributed by atoms with Crippen molar-refractivity contribution < 1.29 is 9.21 Å². The quantitative estimate of drug-likeness (QED) is 0.636. The summed E-state index contributed by atoms with van der Waals surface area (Å²) in [5.41, 5.74) is 0.402. The van der Waals surface area contributed by atoms with E-state index in [1.165, 1.54) is 12.8 Å². The number of nitrogens with one attached hydrogen (secondary N) is 2. The van der Waals surface area contributed by atoms with Gasteiger partial charge in [0.25, 0.3) is 5.91 Å². The minimum absolute atomic E-state index is 0.236. The van der Waals surface area contributed by atoms with Gasteiger partial charge in [-0.2, -0.15) is 0 Å². The van der Waals surface area contributed by atoms with Crippen molar-refractivity contribution >= 4 is 51.1 Å². The standard InChI is InChI=1S/C12H12BrN3O2S/c13-8-5-7(6-9-10(17)15-12(19)14-9)18-11(8)16-3-1-2-4-16/h5-6H,1-4H2,(H2,14,15,17,19)/b9-6+. The molecule has 0 aliphatic carbocycles. The molecule has 3 rings (SSSR count). The Labute approximate surface area is 124 Å². The molecule has 1 amide bonds. The zero-order chi connectivity index (χ0) is 13.4. The number of hydrogen-bond donors (Lipinski definition) is 2. The zero-order valence-corrected chi connectivity index (χ0v) is 12.4. The van der Waals surface area contributed by atoms with Crippen molar-refractivity contribution in [3.8, 4) is 0 Å². The van der Waals surface area contributed by atoms with E-state index in [0.717, 1.165) is 23.4 Å². The number of rotatable bonds is 2. The van der Waals surface area contributed by atoms with Gasteiger partial charge in [-0.3, -0.25) is 10.1 Å². The highest BCUT2D eigenvalue weighted by Crippen LogP contribution is 2.33. The maximum absolute atomic E-state index is 11.5. The van der Waals surface area contributed by atoms with Gasteiger partial charge < -0.3 is 14.6 Å². The fraction of sp³-hybridized carbons (Fsp3) is 0.333. The van der Waals surface area contributed by atoms with E-state index in [4.69, 9.17) is 16.6 Å². The Morgan fingerprint density at radius 1 is 1.37 bits per heavy atom. The van der Waals surface area contributed by atoms with Crippen LogP contribution in [0, 0.1) is 0 Å². The Balaban J connectivity index is 1.86. The number of hydrogen-bond acceptors (Lipinski definition) is 4. The second-order valence-electron chi connectivity index (χ2n) is 4.46. The molecule has 0 spiro atoms. The summed E-state index contributed by atoms with van der Waals surface area (Å²) in [6.07, 6.45) is 4.02. The van der Waals surface area contributed by atoms with Crippen LogP contribution in [0.15, 0.2) is 20.7 Å². The monoisotopic (exact) mass is 341 g/mol. The van der Waals surface area contributed by atoms with Crippen LogP contribution in [0.4, 0.5) is 5.88 Å². The first-order valence-electron chi connectivity index (χ1n) is 6.02. The summed E-state index contributed by atoms with van der Waals surface area (Å²) < 4.78 is 6.69. The molecule has 2 aliphatic rings. The predicted molar refractivity (Wildman–Crippen MR) is 79.7 cm³/mol. The van der Waals surface area contributed by atoms with Crippen molar-refractivity contribution in [1.82, 2.24) is 10.6 Å². The predicted octanol–water partition coefficient (Wildman–Crippen LogP) is 1.99. The topological polar surface area (TPSA) is 57.5 Å². The SMILES string of the molecule is O=C1NC(=S)N/C1=C/c1cc(Br)c(N2CCCC2)o1. The smallest absolute Gasteiger partial charge is 0.274 e. The number of nitrogens with zero attached hydrogens (tertiary/aromatic N) is 1. The van der Waals surface area contributed by atoms with Gasteiger partial charge in [0.05, 0.1) is 4.47 Å². The van der Waals surface area contributed by atoms with Gasteiger partial charge in [0.1, 0.15) is 11.5 Å². The molecule has 2 N–H and O–H groups in total. The van der Waals surface area contributed by atoms with Crippen molar-refractivity contribution in [2.75, 3.05) is 18.0 Å². The number of anilines is 1. The summed E-state index contributed by atoms with van der Waals surface area (Å²) in [5, 5.41) is 5.63. The molecule has 3 heterocycles. The van der Waals surface area contributed by atoms with Crippen molar-refractivity contribution in [2.24, 2.45) is 0 Å². The molecule has 1 aromatic rings. The second-order valence-corrected chi connectivity index (χ2v) is 5.72. The summed E-state index contributed by atoms with van der Waals surface area (Å²) in [5.74, 6) is 1.21. The molecule has 0 unspecified atom stereocenters. The third-order valence-corrected chi connectivity index (χ3v) is 3.86. The highest BCUT2D eigenvalue weighted by molar-refractivity contribution is 9.10. The van der Waals surface area contributed by atoms with E-state index in [0.29, 0.717) is 16.6 Å². The van der Waals surface area contributed by atoms with E-state index in [1.54, 1.807) is 6.08 Å². The lowest BCUT2D eigenvalue weighted by Crippen LogP contribution is -2.21. The van der Waals surface area contributed by atoms with E-state index in [-0.39, 0.29) is 5.91 Å². The molecule has 7 heteroatoms. The summed E-state index contributed by atoms with van der Waals surface area (Å²) in [4.78, 5) is 13.7. The molecule has 2 aliphatic heterocycles. The molecule has 0 radical (unpaired) electrons. The third kappa shape index (κ3) is 2.52. The molecule has 5 nitrogen and oxygen atoms in total. The second kappa shape index (κ2) is 4.97. The summed E-state index contributed by atoms with van der Waals surface area (Å²) >= 11 is 8.37. The van der Waals surface area contributed by atoms with Gasteiger partial charge in [-0.15, -0.1) is 0 Å². The van der Waals surface area contributed by atoms with Gasteiger partial charge in [-0.05, 0) is 41.0 Å². The van der Waals surface area contributed by atoms with Crippen molar-refractivity contribution in [3.05, 3.63) is 22.0 Å². The highest BCUT2D eigenvalue weighted by Gasteiger charge is 2.23. The molecule has 0 bridgehead atoms. The van der Waals surface area contributed by atoms with Crippen LogP contribution in [-0.2, 0) is 4.79 Å². The fourth-order valence-electron chi connectivity index (χ4n) is 2.21. The maximum atomic E-state index is 11.5. The van der Waals surface area contributed by atoms with Gasteiger partial charge >= 0.3 is 0 Å². The number of furan rings is 1. The molecular weight excluding hydrogens is 330 g/mol. The van der Waals surface area contributed by atoms with Crippen LogP contribution < -0.4 is 15.5 Å². The fourth-order valence-corrected chi connectivity index (χ4v) is 2.97. The summed E-state index contributed by atoms with van der Waals surface area (Å²) in [7, 11) is 0. The third-order valence-electron chi connectivity index (χ3n) is 3.09. The van der Waals surface area contributed by atoms with Gasteiger partial charge in [0, 0.05) is 25.2 Å². The van der Waals surface area contributed by atoms with Crippen LogP contribution in [0.25, 0.3) is 6.08 Å². The first-order valence-corrected chi connectivity index (χ1v) is 7.22. The number of carbonyl (C=O) groups excluding carboxylic acids is 1. The van der Waals surface area contributed by atoms with E-state index in [9.17, 15) is 4.79 Å². The number of halogens is 1. The Bertz CT molecular complexity index is 576. The Morgan fingerprint density at radius 3 is 2.74 bits per heavy atom. The summed E-state index contributed by atoms with van der Waals surface area (Å²) in [6.45, 7) is 2.01. The largest absolute Gasteiger partial charge is 0.440 e. The molecular formula is C12H12BrN3O2S. The lowest BCUT2D eigenvalue weighted by atomic mass is 10.3. The number of amides is 1. The number of thiocarbonyl (C=S) groups is 1. The van der Waals surface area contributed by atoms with E-state index in [1.807, 2.05) is 6.07 Å². The van der Waals surface area contributed by atoms with Crippen molar-refractivity contribution in [3.63, 3.8) is 0 Å². The molecule has 0 saturated carbocycles. The lowest BCUT2D eigenvalue weighted by molar-refractivity contribution is -0.115. The highest BCUT2D eigenvalue weighted by atomic mass is 79.9. The molecule has 19 heavy (non-hydrogen) atoms. The van der Waals surface area contributed by atoms with Crippen molar-refractivity contribution in [2.45, 2.75) is 12.8 Å². The first kappa shape index (κ1) is 12.7. The van der Waals surface area contributed by atoms with Crippen LogP contribution in [0.1, 0.15) is 18.6 Å². The maximum Gasteiger partial charge on any atom is 0.274 e. The molecule has 2 fully saturated rings. The average Bonchev–Trinajstić information content (AvgIpc) is 3.02. The van der Waals surface area contributed by atoms with Gasteiger partial charge in [0.2, 0.25) is 5.88 Å². The van der Waals surface area contributed by atoms with Crippen LogP contribution in [0.5, 0.6) is 0 Å². The van der Waals surface area contributed by atoms with Crippen LogP contribution in [0.3, 0.4) is 0 Å². The van der Waals surface area contributed by atoms with Gasteiger partial charge in [-0.1, -0.05) is 0 Å². The number of carbonyl (C=O) groups is 1. The zero-order valence-electron chi connectivity index (χ0n) is 10.0. The van der Waals surface area contributed by atoms with Crippen LogP contribution >= 0.6 is 28.1 Å². The van der Waals surface area contributed by atoms with Crippen LogP contribution in [-0.4, -0.2) is 24.1 Å². The minimum Gasteiger partial charge on any atom is -0.440 e.